The molecular formula is H3AlCoCuFeMnNiVZn. The molecule has 0 aromatic rings. The second-order valence-electron chi connectivity index (χ2n) is 0. The summed E-state index contributed by atoms with van der Waals surface area (Å²) in [5, 5.41) is 0. The molecule has 8 heteroatoms. The van der Waals surface area contributed by atoms with Crippen molar-refractivity contribution in [1.82, 2.24) is 0 Å². The minimum Gasteiger partial charge on any atom is 0 e. The molecule has 4 radical (unpaired) electrons. The van der Waals surface area contributed by atoms with Crippen LogP contribution in [0.4, 0.5) is 0 Å². The van der Waals surface area contributed by atoms with Gasteiger partial charge in [0.25, 0.3) is 0 Å². The molecule has 0 rings (SSSR count). The summed E-state index contributed by atoms with van der Waals surface area (Å²) in [5.41, 5.74) is 0. The van der Waals surface area contributed by atoms with E-state index < -0.39 is 0 Å². The van der Waals surface area contributed by atoms with Crippen molar-refractivity contribution in [3.8, 4) is 0 Å². The molecule has 0 aromatic carbocycles. The van der Waals surface area contributed by atoms with E-state index >= 15 is 0 Å². The Bertz CT molecular complexity index is 24.0. The van der Waals surface area contributed by atoms with Gasteiger partial charge in [-0.25, -0.2) is 0 Å². The summed E-state index contributed by atoms with van der Waals surface area (Å²) in [6.45, 7) is 0. The zero-order valence-electron chi connectivity index (χ0n) is 2.84. The molecule has 58 valence electrons. The zero-order valence-corrected chi connectivity index (χ0v) is 12.5. The van der Waals surface area contributed by atoms with Crippen LogP contribution in [0.15, 0.2) is 0 Å². The Balaban J connectivity index is 0. The average molecular weight is 438 g/mol. The Morgan fingerprint density at radius 2 is 1.00 bits per heavy atom. The van der Waals surface area contributed by atoms with Gasteiger partial charge in [-0.15, -0.1) is 0 Å². The maximum atomic E-state index is 0. The predicted molar refractivity (Wildman–Crippen MR) is 9.94 cm³/mol. The van der Waals surface area contributed by atoms with Gasteiger partial charge in [0.2, 0.25) is 0 Å². The topological polar surface area (TPSA) is 0 Å². The monoisotopic (exact) mass is 436 g/mol. The van der Waals surface area contributed by atoms with Gasteiger partial charge in [-0.05, 0) is 0 Å². The Labute approximate surface area is 137 Å². The molecule has 0 N–H and O–H groups in total. The van der Waals surface area contributed by atoms with Crippen molar-refractivity contribution >= 4 is 17.4 Å². The Morgan fingerprint density at radius 3 is 1.00 bits per heavy atom. The van der Waals surface area contributed by atoms with Crippen molar-refractivity contribution in [3.05, 3.63) is 0 Å². The van der Waals surface area contributed by atoms with Crippen molar-refractivity contribution in [1.29, 1.82) is 0 Å². The molecule has 0 nitrogen and oxygen atoms in total. The van der Waals surface area contributed by atoms with E-state index in [0.717, 1.165) is 0 Å². The first-order valence-electron chi connectivity index (χ1n) is 0. The van der Waals surface area contributed by atoms with Gasteiger partial charge in [-0.3, -0.25) is 0 Å². The summed E-state index contributed by atoms with van der Waals surface area (Å²) in [4.78, 5) is 0. The van der Waals surface area contributed by atoms with E-state index in [1.807, 2.05) is 0 Å². The third-order valence-electron chi connectivity index (χ3n) is 0. The fourth-order valence-electron chi connectivity index (χ4n) is 0. The van der Waals surface area contributed by atoms with E-state index in [2.05, 4.69) is 0 Å². The van der Waals surface area contributed by atoms with Gasteiger partial charge in [-0.2, -0.15) is 0 Å². The molecule has 0 saturated heterocycles. The summed E-state index contributed by atoms with van der Waals surface area (Å²) in [7, 11) is 0. The van der Waals surface area contributed by atoms with Gasteiger partial charge in [0.1, 0.15) is 0 Å². The van der Waals surface area contributed by atoms with Crippen LogP contribution in [-0.2, 0) is 123 Å². The van der Waals surface area contributed by atoms with Gasteiger partial charge >= 0.3 is 0 Å². The van der Waals surface area contributed by atoms with E-state index in [9.17, 15) is 0 Å². The third-order valence-corrected chi connectivity index (χ3v) is 0. The summed E-state index contributed by atoms with van der Waals surface area (Å²) >= 11 is 0. The molecule has 8 heavy (non-hydrogen) atoms. The fourth-order valence-corrected chi connectivity index (χ4v) is 0. The Kier molecular flexibility index (Phi) is 689. The van der Waals surface area contributed by atoms with Gasteiger partial charge in [0.15, 0.2) is 17.4 Å². The smallest absolute Gasteiger partial charge is 0 e. The van der Waals surface area contributed by atoms with Crippen LogP contribution in [-0.4, -0.2) is 17.4 Å². The van der Waals surface area contributed by atoms with Crippen molar-refractivity contribution < 1.29 is 123 Å². The molecule has 0 spiro atoms. The maximum absolute atomic E-state index is 0. The molecule has 0 saturated carbocycles. The molecule has 0 aliphatic carbocycles. The minimum absolute atomic E-state index is 0. The molecule has 0 aromatic heterocycles. The average Bonchev–Trinajstić information content (AvgIpc) is 0. The van der Waals surface area contributed by atoms with Crippen molar-refractivity contribution in [2.24, 2.45) is 0 Å². The van der Waals surface area contributed by atoms with Crippen LogP contribution < -0.4 is 0 Å². The quantitative estimate of drug-likeness (QED) is 0.417. The summed E-state index contributed by atoms with van der Waals surface area (Å²) in [5.74, 6) is 0. The van der Waals surface area contributed by atoms with Crippen LogP contribution in [0.2, 0.25) is 0 Å². The molecule has 0 heterocycles. The largest absolute Gasteiger partial charge is 0.187 e. The molecule has 0 bridgehead atoms. The van der Waals surface area contributed by atoms with Gasteiger partial charge in [-0.1, -0.05) is 0 Å². The van der Waals surface area contributed by atoms with Crippen LogP contribution >= 0.6 is 0 Å². The number of rotatable bonds is 0. The standard InChI is InChI=1S/Al.Co.Cu.Fe.Mn.Ni.V.Zn.3H. The molecule has 0 aliphatic rings. The molecule has 0 fully saturated rings. The predicted octanol–water partition coefficient (Wildman–Crippen LogP) is -1.20. The Morgan fingerprint density at radius 1 is 1.00 bits per heavy atom. The van der Waals surface area contributed by atoms with Gasteiger partial charge < -0.3 is 0 Å². The van der Waals surface area contributed by atoms with E-state index in [-0.39, 0.29) is 140 Å². The van der Waals surface area contributed by atoms with Crippen LogP contribution in [0, 0.1) is 0 Å². The molecule has 0 atom stereocenters. The zero-order chi connectivity index (χ0) is 0. The molecule has 0 unspecified atom stereocenters. The van der Waals surface area contributed by atoms with Crippen molar-refractivity contribution in [3.63, 3.8) is 0 Å². The molecular weight excluding hydrogens is 435 g/mol. The van der Waals surface area contributed by atoms with Crippen molar-refractivity contribution in [2.75, 3.05) is 0 Å². The SMILES string of the molecule is [AlH3].[Co].[Cu].[Fe].[Mn].[Ni].[V].[Zn]. The summed E-state index contributed by atoms with van der Waals surface area (Å²) in [6.07, 6.45) is 0. The first-order chi connectivity index (χ1) is 0. The molecule has 0 amide bonds. The maximum Gasteiger partial charge on any atom is 0.187 e. The van der Waals surface area contributed by atoms with E-state index in [0.29, 0.717) is 0 Å². The first kappa shape index (κ1) is 85.0. The first-order valence-corrected chi connectivity index (χ1v) is 0. The van der Waals surface area contributed by atoms with Crippen LogP contribution in [0.3, 0.4) is 0 Å². The summed E-state index contributed by atoms with van der Waals surface area (Å²) < 4.78 is 0. The van der Waals surface area contributed by atoms with E-state index in [1.54, 1.807) is 0 Å². The second-order valence-corrected chi connectivity index (χ2v) is 0. The van der Waals surface area contributed by atoms with Gasteiger partial charge in [0.05, 0.1) is 0 Å². The van der Waals surface area contributed by atoms with E-state index in [4.69, 9.17) is 0 Å². The minimum atomic E-state index is 0. The number of hydrogen-bond acceptors (Lipinski definition) is 0. The van der Waals surface area contributed by atoms with Crippen LogP contribution in [0.1, 0.15) is 0 Å². The second kappa shape index (κ2) is 64.9. The van der Waals surface area contributed by atoms with Crippen molar-refractivity contribution in [2.45, 2.75) is 0 Å². The number of hydrogen-bond donors (Lipinski definition) is 0. The normalized spacial score (nSPS) is 0. The molecule has 0 aliphatic heterocycles. The summed E-state index contributed by atoms with van der Waals surface area (Å²) in [6, 6.07) is 0. The van der Waals surface area contributed by atoms with E-state index in [1.165, 1.54) is 0 Å². The fraction of sp³-hybridized carbons (Fsp3) is 0. The third kappa shape index (κ3) is 48.2. The van der Waals surface area contributed by atoms with Crippen LogP contribution in [0.5, 0.6) is 0 Å². The van der Waals surface area contributed by atoms with Gasteiger partial charge in [0, 0.05) is 123 Å². The van der Waals surface area contributed by atoms with Crippen LogP contribution in [0.25, 0.3) is 0 Å². The Hall–Kier alpha value is 4.30.